The number of cyclic esters (lactones) is 1. The standard InChI is InChI=1S/C17H25N3O3S/c1-12-5-6-14(24-12)10-20-15(11-23-17(20)22)16(21)18-8-7-13-4-3-9-19(13)2/h5-6,13,15H,3-4,7-11H2,1-2H3,(H,18,21)/t13?,15-/m0/s1. The lowest BCUT2D eigenvalue weighted by molar-refractivity contribution is -0.125. The SMILES string of the molecule is Cc1ccc(CN2C(=O)OC[C@H]2C(=O)NCCC2CCCN2C)s1. The Labute approximate surface area is 146 Å². The molecule has 2 aliphatic rings. The summed E-state index contributed by atoms with van der Waals surface area (Å²) in [7, 11) is 2.13. The Hall–Kier alpha value is -1.60. The van der Waals surface area contributed by atoms with Crippen LogP contribution in [-0.4, -0.2) is 60.6 Å². The minimum absolute atomic E-state index is 0.116. The van der Waals surface area contributed by atoms with E-state index in [1.54, 1.807) is 11.3 Å². The first kappa shape index (κ1) is 17.2. The smallest absolute Gasteiger partial charge is 0.410 e. The Balaban J connectivity index is 1.51. The van der Waals surface area contributed by atoms with Crippen molar-refractivity contribution < 1.29 is 14.3 Å². The van der Waals surface area contributed by atoms with E-state index in [0.29, 0.717) is 19.1 Å². The molecule has 1 N–H and O–H groups in total. The second kappa shape index (κ2) is 7.53. The van der Waals surface area contributed by atoms with Crippen LogP contribution >= 0.6 is 11.3 Å². The van der Waals surface area contributed by atoms with E-state index in [9.17, 15) is 9.59 Å². The van der Waals surface area contributed by atoms with Crippen molar-refractivity contribution in [1.82, 2.24) is 15.1 Å². The van der Waals surface area contributed by atoms with Crippen molar-refractivity contribution >= 4 is 23.3 Å². The number of rotatable bonds is 6. The second-order valence-electron chi connectivity index (χ2n) is 6.59. The van der Waals surface area contributed by atoms with Gasteiger partial charge < -0.3 is 15.0 Å². The highest BCUT2D eigenvalue weighted by Crippen LogP contribution is 2.22. The highest BCUT2D eigenvalue weighted by Gasteiger charge is 2.38. The first-order valence-corrected chi connectivity index (χ1v) is 9.33. The number of thiophene rings is 1. The van der Waals surface area contributed by atoms with Gasteiger partial charge in [-0.3, -0.25) is 9.69 Å². The van der Waals surface area contributed by atoms with Gasteiger partial charge in [-0.15, -0.1) is 11.3 Å². The van der Waals surface area contributed by atoms with Crippen molar-refractivity contribution in [3.05, 3.63) is 21.9 Å². The zero-order valence-corrected chi connectivity index (χ0v) is 15.1. The number of aryl methyl sites for hydroxylation is 1. The van der Waals surface area contributed by atoms with Crippen molar-refractivity contribution in [3.63, 3.8) is 0 Å². The molecule has 0 bridgehead atoms. The highest BCUT2D eigenvalue weighted by atomic mass is 32.1. The van der Waals surface area contributed by atoms with Crippen LogP contribution in [0.3, 0.4) is 0 Å². The van der Waals surface area contributed by atoms with Crippen molar-refractivity contribution in [1.29, 1.82) is 0 Å². The molecule has 2 fully saturated rings. The molecule has 1 aromatic heterocycles. The number of hydrogen-bond donors (Lipinski definition) is 1. The molecule has 2 amide bonds. The van der Waals surface area contributed by atoms with Gasteiger partial charge in [0.05, 0.1) is 6.54 Å². The van der Waals surface area contributed by atoms with Crippen molar-refractivity contribution in [2.75, 3.05) is 26.7 Å². The van der Waals surface area contributed by atoms with Crippen molar-refractivity contribution in [3.8, 4) is 0 Å². The summed E-state index contributed by atoms with van der Waals surface area (Å²) in [6, 6.07) is 4.05. The van der Waals surface area contributed by atoms with Crippen LogP contribution in [0, 0.1) is 6.92 Å². The van der Waals surface area contributed by atoms with E-state index in [0.717, 1.165) is 17.8 Å². The summed E-state index contributed by atoms with van der Waals surface area (Å²) in [4.78, 5) is 30.5. The van der Waals surface area contributed by atoms with E-state index < -0.39 is 12.1 Å². The van der Waals surface area contributed by atoms with Gasteiger partial charge in [0.1, 0.15) is 12.6 Å². The molecular formula is C17H25N3O3S. The molecule has 3 heterocycles. The molecule has 132 valence electrons. The third kappa shape index (κ3) is 3.89. The lowest BCUT2D eigenvalue weighted by Crippen LogP contribution is -2.46. The van der Waals surface area contributed by atoms with Gasteiger partial charge in [-0.25, -0.2) is 4.79 Å². The summed E-state index contributed by atoms with van der Waals surface area (Å²) >= 11 is 1.64. The Morgan fingerprint density at radius 2 is 2.29 bits per heavy atom. The van der Waals surface area contributed by atoms with Gasteiger partial charge in [0.25, 0.3) is 0 Å². The van der Waals surface area contributed by atoms with Crippen LogP contribution in [0.4, 0.5) is 4.79 Å². The summed E-state index contributed by atoms with van der Waals surface area (Å²) in [5.74, 6) is -0.116. The van der Waals surface area contributed by atoms with E-state index in [1.165, 1.54) is 22.6 Å². The number of hydrogen-bond acceptors (Lipinski definition) is 5. The molecule has 1 unspecified atom stereocenters. The molecule has 2 atom stereocenters. The molecule has 0 spiro atoms. The Morgan fingerprint density at radius 3 is 2.96 bits per heavy atom. The van der Waals surface area contributed by atoms with E-state index in [-0.39, 0.29) is 12.5 Å². The molecule has 0 aromatic carbocycles. The zero-order chi connectivity index (χ0) is 17.1. The fourth-order valence-corrected chi connectivity index (χ4v) is 4.29. The average molecular weight is 351 g/mol. The predicted octanol–water partition coefficient (Wildman–Crippen LogP) is 1.98. The molecule has 7 heteroatoms. The summed E-state index contributed by atoms with van der Waals surface area (Å²) in [5, 5.41) is 2.98. The number of carbonyl (C=O) groups is 2. The molecule has 0 saturated carbocycles. The second-order valence-corrected chi connectivity index (χ2v) is 7.96. The number of carbonyl (C=O) groups excluding carboxylic acids is 2. The van der Waals surface area contributed by atoms with E-state index >= 15 is 0 Å². The number of ether oxygens (including phenoxy) is 1. The first-order valence-electron chi connectivity index (χ1n) is 8.51. The topological polar surface area (TPSA) is 61.9 Å². The fourth-order valence-electron chi connectivity index (χ4n) is 3.40. The van der Waals surface area contributed by atoms with Gasteiger partial charge in [0.2, 0.25) is 5.91 Å². The summed E-state index contributed by atoms with van der Waals surface area (Å²) in [6.07, 6.45) is 2.97. The Bertz CT molecular complexity index is 604. The Morgan fingerprint density at radius 1 is 1.46 bits per heavy atom. The summed E-state index contributed by atoms with van der Waals surface area (Å²) in [6.45, 7) is 4.38. The van der Waals surface area contributed by atoms with Crippen LogP contribution < -0.4 is 5.32 Å². The maximum absolute atomic E-state index is 12.5. The lowest BCUT2D eigenvalue weighted by atomic mass is 10.1. The maximum atomic E-state index is 12.5. The first-order chi connectivity index (χ1) is 11.5. The van der Waals surface area contributed by atoms with Crippen LogP contribution in [0.15, 0.2) is 12.1 Å². The Kier molecular flexibility index (Phi) is 5.40. The molecule has 0 aliphatic carbocycles. The minimum Gasteiger partial charge on any atom is -0.447 e. The van der Waals surface area contributed by atoms with E-state index in [4.69, 9.17) is 4.74 Å². The third-order valence-corrected chi connectivity index (χ3v) is 5.83. The van der Waals surface area contributed by atoms with Crippen molar-refractivity contribution in [2.45, 2.75) is 44.8 Å². The average Bonchev–Trinajstić information content (AvgIpc) is 3.23. The lowest BCUT2D eigenvalue weighted by Gasteiger charge is -2.22. The van der Waals surface area contributed by atoms with Crippen LogP contribution in [0.5, 0.6) is 0 Å². The van der Waals surface area contributed by atoms with E-state index in [2.05, 4.69) is 17.3 Å². The summed E-state index contributed by atoms with van der Waals surface area (Å²) in [5.41, 5.74) is 0. The van der Waals surface area contributed by atoms with Gasteiger partial charge >= 0.3 is 6.09 Å². The number of amides is 2. The van der Waals surface area contributed by atoms with Gasteiger partial charge in [-0.2, -0.15) is 0 Å². The molecule has 2 aliphatic heterocycles. The number of likely N-dealkylation sites (tertiary alicyclic amines) is 1. The predicted molar refractivity (Wildman–Crippen MR) is 93.0 cm³/mol. The maximum Gasteiger partial charge on any atom is 0.410 e. The number of nitrogens with one attached hydrogen (secondary N) is 1. The minimum atomic E-state index is -0.527. The highest BCUT2D eigenvalue weighted by molar-refractivity contribution is 7.11. The van der Waals surface area contributed by atoms with Crippen LogP contribution in [0.1, 0.15) is 29.0 Å². The molecular weight excluding hydrogens is 326 g/mol. The van der Waals surface area contributed by atoms with Crippen molar-refractivity contribution in [2.24, 2.45) is 0 Å². The third-order valence-electron chi connectivity index (χ3n) is 4.85. The van der Waals surface area contributed by atoms with Gasteiger partial charge in [-0.1, -0.05) is 0 Å². The normalized spacial score (nSPS) is 24.4. The van der Waals surface area contributed by atoms with Crippen LogP contribution in [0.2, 0.25) is 0 Å². The molecule has 6 nitrogen and oxygen atoms in total. The van der Waals surface area contributed by atoms with Gasteiger partial charge in [0, 0.05) is 22.3 Å². The largest absolute Gasteiger partial charge is 0.447 e. The zero-order valence-electron chi connectivity index (χ0n) is 14.3. The van der Waals surface area contributed by atoms with Gasteiger partial charge in [-0.05, 0) is 51.9 Å². The molecule has 0 radical (unpaired) electrons. The number of nitrogens with zero attached hydrogens (tertiary/aromatic N) is 2. The molecule has 2 saturated heterocycles. The molecule has 1 aromatic rings. The monoisotopic (exact) mass is 351 g/mol. The molecule has 24 heavy (non-hydrogen) atoms. The summed E-state index contributed by atoms with van der Waals surface area (Å²) < 4.78 is 5.10. The van der Waals surface area contributed by atoms with E-state index in [1.807, 2.05) is 19.1 Å². The van der Waals surface area contributed by atoms with Crippen LogP contribution in [-0.2, 0) is 16.1 Å². The fraction of sp³-hybridized carbons (Fsp3) is 0.647. The molecule has 3 rings (SSSR count). The van der Waals surface area contributed by atoms with Gasteiger partial charge in [0.15, 0.2) is 0 Å². The van der Waals surface area contributed by atoms with Crippen LogP contribution in [0.25, 0.3) is 0 Å². The quantitative estimate of drug-likeness (QED) is 0.851.